The van der Waals surface area contributed by atoms with Crippen LogP contribution in [0.4, 0.5) is 0 Å². The summed E-state index contributed by atoms with van der Waals surface area (Å²) >= 11 is 0. The summed E-state index contributed by atoms with van der Waals surface area (Å²) in [5, 5.41) is 18.0. The maximum absolute atomic E-state index is 10.5. The van der Waals surface area contributed by atoms with Gasteiger partial charge >= 0.3 is 0 Å². The molecule has 1 atom stereocenters. The Morgan fingerprint density at radius 2 is 2.53 bits per heavy atom. The van der Waals surface area contributed by atoms with Gasteiger partial charge in [0, 0.05) is 19.3 Å². The molecule has 2 heterocycles. The molecule has 84 valence electrons. The highest BCUT2D eigenvalue weighted by Crippen LogP contribution is 2.27. The summed E-state index contributed by atoms with van der Waals surface area (Å²) < 4.78 is 1.92. The van der Waals surface area contributed by atoms with Gasteiger partial charge in [-0.05, 0) is 31.9 Å². The van der Waals surface area contributed by atoms with E-state index in [0.29, 0.717) is 6.54 Å². The number of aromatic nitrogens is 2. The van der Waals surface area contributed by atoms with Gasteiger partial charge in [-0.3, -0.25) is 4.68 Å². The van der Waals surface area contributed by atoms with E-state index < -0.39 is 5.60 Å². The van der Waals surface area contributed by atoms with Crippen LogP contribution in [-0.2, 0) is 12.1 Å². The van der Waals surface area contributed by atoms with E-state index in [9.17, 15) is 5.11 Å². The highest BCUT2D eigenvalue weighted by molar-refractivity contribution is 5.13. The second-order valence-electron chi connectivity index (χ2n) is 4.25. The molecule has 1 unspecified atom stereocenters. The van der Waals surface area contributed by atoms with Crippen LogP contribution in [0.3, 0.4) is 0 Å². The van der Waals surface area contributed by atoms with Crippen LogP contribution in [0.15, 0.2) is 12.3 Å². The van der Waals surface area contributed by atoms with Crippen molar-refractivity contribution < 1.29 is 5.11 Å². The zero-order valence-electron chi connectivity index (χ0n) is 9.24. The number of hydrogen-bond donors (Lipinski definition) is 2. The molecule has 1 saturated heterocycles. The molecule has 4 nitrogen and oxygen atoms in total. The zero-order valence-corrected chi connectivity index (χ0v) is 9.24. The van der Waals surface area contributed by atoms with E-state index in [1.807, 2.05) is 10.7 Å². The minimum absolute atomic E-state index is 0.641. The number of nitrogens with zero attached hydrogens (tertiary/aromatic N) is 2. The zero-order chi connectivity index (χ0) is 10.7. The van der Waals surface area contributed by atoms with Crippen molar-refractivity contribution >= 4 is 0 Å². The van der Waals surface area contributed by atoms with Crippen LogP contribution in [0.1, 0.15) is 31.9 Å². The summed E-state index contributed by atoms with van der Waals surface area (Å²) in [5.41, 5.74) is 0.237. The van der Waals surface area contributed by atoms with Crippen molar-refractivity contribution in [3.05, 3.63) is 18.0 Å². The smallest absolute Gasteiger partial charge is 0.119 e. The van der Waals surface area contributed by atoms with E-state index in [-0.39, 0.29) is 0 Å². The quantitative estimate of drug-likeness (QED) is 0.776. The van der Waals surface area contributed by atoms with E-state index in [0.717, 1.165) is 38.0 Å². The molecule has 1 aromatic heterocycles. The third-order valence-corrected chi connectivity index (χ3v) is 2.99. The van der Waals surface area contributed by atoms with Crippen LogP contribution in [0.5, 0.6) is 0 Å². The topological polar surface area (TPSA) is 50.1 Å². The van der Waals surface area contributed by atoms with Gasteiger partial charge < -0.3 is 10.4 Å². The lowest BCUT2D eigenvalue weighted by molar-refractivity contribution is 0.00388. The summed E-state index contributed by atoms with van der Waals surface area (Å²) in [5.74, 6) is 0. The van der Waals surface area contributed by atoms with Crippen molar-refractivity contribution in [2.45, 2.75) is 38.3 Å². The normalized spacial score (nSPS) is 26.8. The second kappa shape index (κ2) is 4.33. The van der Waals surface area contributed by atoms with E-state index in [2.05, 4.69) is 17.3 Å². The van der Waals surface area contributed by atoms with E-state index >= 15 is 0 Å². The standard InChI is InChI=1S/C11H19N3O/c1-2-8-14-10(4-7-13-14)11(15)5-3-6-12-9-11/h4,7,12,15H,2-3,5-6,8-9H2,1H3. The van der Waals surface area contributed by atoms with Gasteiger partial charge in [-0.15, -0.1) is 0 Å². The SMILES string of the molecule is CCCn1nccc1C1(O)CCCNC1. The van der Waals surface area contributed by atoms with E-state index in [1.165, 1.54) is 0 Å². The van der Waals surface area contributed by atoms with E-state index in [1.54, 1.807) is 6.20 Å². The number of nitrogens with one attached hydrogen (secondary N) is 1. The summed E-state index contributed by atoms with van der Waals surface area (Å²) in [7, 11) is 0. The van der Waals surface area contributed by atoms with Crippen LogP contribution < -0.4 is 5.32 Å². The Kier molecular flexibility index (Phi) is 3.07. The predicted octanol–water partition coefficient (Wildman–Crippen LogP) is 0.864. The molecule has 1 aliphatic rings. The Labute approximate surface area is 90.3 Å². The Morgan fingerprint density at radius 1 is 1.67 bits per heavy atom. The lowest BCUT2D eigenvalue weighted by Crippen LogP contribution is -2.44. The average molecular weight is 209 g/mol. The number of aliphatic hydroxyl groups is 1. The molecule has 2 N–H and O–H groups in total. The fraction of sp³-hybridized carbons (Fsp3) is 0.727. The highest BCUT2D eigenvalue weighted by Gasteiger charge is 2.33. The molecule has 0 spiro atoms. The maximum Gasteiger partial charge on any atom is 0.119 e. The average Bonchev–Trinajstić information content (AvgIpc) is 2.68. The number of hydrogen-bond acceptors (Lipinski definition) is 3. The first-order chi connectivity index (χ1) is 7.26. The van der Waals surface area contributed by atoms with Gasteiger partial charge in [0.15, 0.2) is 0 Å². The van der Waals surface area contributed by atoms with Gasteiger partial charge in [0.05, 0.1) is 5.69 Å². The molecule has 0 aromatic carbocycles. The molecule has 2 rings (SSSR count). The summed E-state index contributed by atoms with van der Waals surface area (Å²) in [4.78, 5) is 0. The van der Waals surface area contributed by atoms with Crippen molar-refractivity contribution in [1.82, 2.24) is 15.1 Å². The minimum Gasteiger partial charge on any atom is -0.382 e. The van der Waals surface area contributed by atoms with Crippen LogP contribution >= 0.6 is 0 Å². The number of piperidine rings is 1. The Bertz CT molecular complexity index is 315. The van der Waals surface area contributed by atoms with Gasteiger partial charge in [-0.1, -0.05) is 6.92 Å². The predicted molar refractivity (Wildman–Crippen MR) is 58.5 cm³/mol. The fourth-order valence-electron chi connectivity index (χ4n) is 2.23. The van der Waals surface area contributed by atoms with Gasteiger partial charge in [0.1, 0.15) is 5.60 Å². The van der Waals surface area contributed by atoms with Crippen LogP contribution in [-0.4, -0.2) is 28.0 Å². The Morgan fingerprint density at radius 3 is 3.20 bits per heavy atom. The monoisotopic (exact) mass is 209 g/mol. The first-order valence-electron chi connectivity index (χ1n) is 5.71. The molecule has 0 saturated carbocycles. The number of aryl methyl sites for hydroxylation is 1. The largest absolute Gasteiger partial charge is 0.382 e. The molecule has 1 aromatic rings. The number of rotatable bonds is 3. The Balaban J connectivity index is 2.22. The first-order valence-corrected chi connectivity index (χ1v) is 5.71. The molecule has 1 fully saturated rings. The minimum atomic E-state index is -0.718. The van der Waals surface area contributed by atoms with Crippen LogP contribution in [0.25, 0.3) is 0 Å². The number of β-amino-alcohol motifs (C(OH)–C–C–N with tert-alkyl or cyclic N) is 1. The van der Waals surface area contributed by atoms with Crippen molar-refractivity contribution in [2.75, 3.05) is 13.1 Å². The molecular weight excluding hydrogens is 190 g/mol. The third kappa shape index (κ3) is 2.06. The molecule has 0 bridgehead atoms. The van der Waals surface area contributed by atoms with Crippen molar-refractivity contribution in [3.8, 4) is 0 Å². The van der Waals surface area contributed by atoms with Gasteiger partial charge in [-0.25, -0.2) is 0 Å². The summed E-state index contributed by atoms with van der Waals surface area (Å²) in [6, 6.07) is 1.93. The highest BCUT2D eigenvalue weighted by atomic mass is 16.3. The lowest BCUT2D eigenvalue weighted by Gasteiger charge is -2.33. The van der Waals surface area contributed by atoms with Crippen molar-refractivity contribution in [2.24, 2.45) is 0 Å². The molecule has 1 aliphatic heterocycles. The van der Waals surface area contributed by atoms with Gasteiger partial charge in [0.2, 0.25) is 0 Å². The van der Waals surface area contributed by atoms with Crippen molar-refractivity contribution in [1.29, 1.82) is 0 Å². The third-order valence-electron chi connectivity index (χ3n) is 2.99. The summed E-state index contributed by atoms with van der Waals surface area (Å²) in [6.45, 7) is 4.64. The van der Waals surface area contributed by atoms with Crippen molar-refractivity contribution in [3.63, 3.8) is 0 Å². The Hall–Kier alpha value is -0.870. The molecule has 15 heavy (non-hydrogen) atoms. The van der Waals surface area contributed by atoms with Gasteiger partial charge in [-0.2, -0.15) is 5.10 Å². The summed E-state index contributed by atoms with van der Waals surface area (Å²) in [6.07, 6.45) is 4.67. The molecule has 0 radical (unpaired) electrons. The lowest BCUT2D eigenvalue weighted by atomic mass is 9.90. The van der Waals surface area contributed by atoms with Gasteiger partial charge in [0.25, 0.3) is 0 Å². The molecule has 0 aliphatic carbocycles. The first kappa shape index (κ1) is 10.6. The molecule has 4 heteroatoms. The fourth-order valence-corrected chi connectivity index (χ4v) is 2.23. The van der Waals surface area contributed by atoms with E-state index in [4.69, 9.17) is 0 Å². The second-order valence-corrected chi connectivity index (χ2v) is 4.25. The molecular formula is C11H19N3O. The maximum atomic E-state index is 10.5. The van der Waals surface area contributed by atoms with Crippen LogP contribution in [0, 0.1) is 0 Å². The molecule has 0 amide bonds. The van der Waals surface area contributed by atoms with Crippen LogP contribution in [0.2, 0.25) is 0 Å².